The average Bonchev–Trinajstić information content (AvgIpc) is 2.45. The number of alkyl halides is 3. The third kappa shape index (κ3) is 5.34. The molecular formula is C15H21ClF3NO2. The normalized spacial score (nSPS) is 19.1. The molecule has 1 aliphatic carbocycles. The van der Waals surface area contributed by atoms with Gasteiger partial charge in [0.25, 0.3) is 0 Å². The van der Waals surface area contributed by atoms with Crippen molar-refractivity contribution in [2.45, 2.75) is 50.6 Å². The van der Waals surface area contributed by atoms with Gasteiger partial charge in [0.1, 0.15) is 5.75 Å². The summed E-state index contributed by atoms with van der Waals surface area (Å²) in [6, 6.07) is 4.81. The van der Waals surface area contributed by atoms with Gasteiger partial charge in [0.15, 0.2) is 0 Å². The van der Waals surface area contributed by atoms with Gasteiger partial charge in [-0.15, -0.1) is 25.6 Å². The Bertz CT molecular complexity index is 464. The van der Waals surface area contributed by atoms with E-state index in [9.17, 15) is 18.3 Å². The molecule has 0 unspecified atom stereocenters. The molecule has 22 heavy (non-hydrogen) atoms. The first-order valence-electron chi connectivity index (χ1n) is 7.16. The fourth-order valence-corrected chi connectivity index (χ4v) is 2.89. The van der Waals surface area contributed by atoms with Crippen molar-refractivity contribution in [2.75, 3.05) is 0 Å². The van der Waals surface area contributed by atoms with E-state index >= 15 is 0 Å². The minimum Gasteiger partial charge on any atom is -0.406 e. The molecular weight excluding hydrogens is 319 g/mol. The molecule has 1 aromatic rings. The van der Waals surface area contributed by atoms with Crippen LogP contribution in [0.25, 0.3) is 0 Å². The number of benzene rings is 1. The van der Waals surface area contributed by atoms with Gasteiger partial charge in [0.05, 0.1) is 12.1 Å². The van der Waals surface area contributed by atoms with Crippen LogP contribution in [0.1, 0.15) is 43.7 Å². The third-order valence-corrected chi connectivity index (χ3v) is 3.98. The summed E-state index contributed by atoms with van der Waals surface area (Å²) in [7, 11) is 0. The van der Waals surface area contributed by atoms with Gasteiger partial charge in [-0.1, -0.05) is 31.4 Å². The summed E-state index contributed by atoms with van der Waals surface area (Å²) in [4.78, 5) is 0. The molecule has 1 aliphatic rings. The van der Waals surface area contributed by atoms with E-state index in [1.807, 2.05) is 0 Å². The summed E-state index contributed by atoms with van der Waals surface area (Å²) < 4.78 is 40.5. The van der Waals surface area contributed by atoms with Crippen LogP contribution in [0.3, 0.4) is 0 Å². The number of aliphatic hydroxyl groups excluding tert-OH is 1. The highest BCUT2D eigenvalue weighted by Gasteiger charge is 2.32. The van der Waals surface area contributed by atoms with Crippen molar-refractivity contribution >= 4 is 12.4 Å². The number of ether oxygens (including phenoxy) is 1. The Morgan fingerprint density at radius 3 is 2.41 bits per heavy atom. The van der Waals surface area contributed by atoms with Gasteiger partial charge < -0.3 is 15.6 Å². The predicted octanol–water partition coefficient (Wildman–Crippen LogP) is 3.95. The van der Waals surface area contributed by atoms with Crippen molar-refractivity contribution in [3.05, 3.63) is 29.8 Å². The van der Waals surface area contributed by atoms with Crippen LogP contribution < -0.4 is 10.5 Å². The van der Waals surface area contributed by atoms with Crippen molar-refractivity contribution in [3.8, 4) is 5.75 Å². The van der Waals surface area contributed by atoms with Gasteiger partial charge in [-0.05, 0) is 36.5 Å². The average molecular weight is 340 g/mol. The molecule has 0 radical (unpaired) electrons. The van der Waals surface area contributed by atoms with E-state index in [4.69, 9.17) is 5.73 Å². The summed E-state index contributed by atoms with van der Waals surface area (Å²) in [6.07, 6.45) is -0.372. The number of rotatable bonds is 4. The van der Waals surface area contributed by atoms with E-state index < -0.39 is 18.5 Å². The number of halogens is 4. The van der Waals surface area contributed by atoms with Gasteiger partial charge in [-0.25, -0.2) is 0 Å². The molecule has 126 valence electrons. The second-order valence-corrected chi connectivity index (χ2v) is 5.53. The van der Waals surface area contributed by atoms with Crippen molar-refractivity contribution in [3.63, 3.8) is 0 Å². The zero-order valence-corrected chi connectivity index (χ0v) is 12.9. The van der Waals surface area contributed by atoms with Crippen LogP contribution in [0.5, 0.6) is 5.75 Å². The molecule has 0 aliphatic heterocycles. The quantitative estimate of drug-likeness (QED) is 0.873. The van der Waals surface area contributed by atoms with Crippen LogP contribution in [0, 0.1) is 5.92 Å². The Hall–Kier alpha value is -0.980. The first-order valence-corrected chi connectivity index (χ1v) is 7.16. The van der Waals surface area contributed by atoms with Crippen LogP contribution in [-0.2, 0) is 0 Å². The van der Waals surface area contributed by atoms with Gasteiger partial charge in [0, 0.05) is 0 Å². The van der Waals surface area contributed by atoms with E-state index in [2.05, 4.69) is 4.74 Å². The SMILES string of the molecule is Cl.N[C@H](c1cccc(OC(F)(F)F)c1)[C@@H](O)C1CCCCC1. The minimum absolute atomic E-state index is 0. The topological polar surface area (TPSA) is 55.5 Å². The zero-order valence-electron chi connectivity index (χ0n) is 12.1. The molecule has 0 aromatic heterocycles. The molecule has 1 fully saturated rings. The Balaban J connectivity index is 0.00000242. The Kier molecular flexibility index (Phi) is 6.97. The number of hydrogen-bond acceptors (Lipinski definition) is 3. The van der Waals surface area contributed by atoms with Gasteiger partial charge in [0.2, 0.25) is 0 Å². The van der Waals surface area contributed by atoms with E-state index in [0.29, 0.717) is 5.56 Å². The van der Waals surface area contributed by atoms with Crippen LogP contribution in [0.4, 0.5) is 13.2 Å². The van der Waals surface area contributed by atoms with Crippen LogP contribution in [0.2, 0.25) is 0 Å². The molecule has 3 nitrogen and oxygen atoms in total. The van der Waals surface area contributed by atoms with Crippen molar-refractivity contribution in [1.82, 2.24) is 0 Å². The highest BCUT2D eigenvalue weighted by Crippen LogP contribution is 2.32. The lowest BCUT2D eigenvalue weighted by Crippen LogP contribution is -2.34. The monoisotopic (exact) mass is 339 g/mol. The summed E-state index contributed by atoms with van der Waals surface area (Å²) in [5.41, 5.74) is 6.47. The first kappa shape index (κ1) is 19.1. The number of hydrogen-bond donors (Lipinski definition) is 2. The van der Waals surface area contributed by atoms with Gasteiger partial charge in [-0.2, -0.15) is 0 Å². The Morgan fingerprint density at radius 2 is 1.82 bits per heavy atom. The van der Waals surface area contributed by atoms with E-state index in [0.717, 1.165) is 32.1 Å². The van der Waals surface area contributed by atoms with Crippen LogP contribution in [-0.4, -0.2) is 17.6 Å². The molecule has 2 rings (SSSR count). The lowest BCUT2D eigenvalue weighted by atomic mass is 9.81. The number of aliphatic hydroxyl groups is 1. The lowest BCUT2D eigenvalue weighted by molar-refractivity contribution is -0.274. The van der Waals surface area contributed by atoms with E-state index in [-0.39, 0.29) is 24.1 Å². The molecule has 0 saturated heterocycles. The largest absolute Gasteiger partial charge is 0.573 e. The Labute approximate surface area is 134 Å². The maximum Gasteiger partial charge on any atom is 0.573 e. The molecule has 7 heteroatoms. The van der Waals surface area contributed by atoms with Crippen molar-refractivity contribution < 1.29 is 23.0 Å². The molecule has 0 spiro atoms. The summed E-state index contributed by atoms with van der Waals surface area (Å²) in [6.45, 7) is 0. The fraction of sp³-hybridized carbons (Fsp3) is 0.600. The molecule has 2 atom stereocenters. The summed E-state index contributed by atoms with van der Waals surface area (Å²) in [5.74, 6) is -0.202. The summed E-state index contributed by atoms with van der Waals surface area (Å²) >= 11 is 0. The van der Waals surface area contributed by atoms with Gasteiger partial charge >= 0.3 is 6.36 Å². The summed E-state index contributed by atoms with van der Waals surface area (Å²) in [5, 5.41) is 10.3. The molecule has 0 heterocycles. The standard InChI is InChI=1S/C15H20F3NO2.ClH/c16-15(17,18)21-12-8-4-7-11(9-12)13(19)14(20)10-5-2-1-3-6-10;/h4,7-10,13-14,20H,1-3,5-6,19H2;1H/t13-,14+;/m1./s1. The maximum absolute atomic E-state index is 12.2. The minimum atomic E-state index is -4.73. The second-order valence-electron chi connectivity index (χ2n) is 5.53. The smallest absolute Gasteiger partial charge is 0.406 e. The highest BCUT2D eigenvalue weighted by molar-refractivity contribution is 5.85. The molecule has 1 aromatic carbocycles. The van der Waals surface area contributed by atoms with E-state index in [1.54, 1.807) is 6.07 Å². The molecule has 0 amide bonds. The van der Waals surface area contributed by atoms with E-state index in [1.165, 1.54) is 18.2 Å². The van der Waals surface area contributed by atoms with Crippen molar-refractivity contribution in [2.24, 2.45) is 11.7 Å². The molecule has 0 bridgehead atoms. The van der Waals surface area contributed by atoms with Crippen LogP contribution >= 0.6 is 12.4 Å². The number of nitrogens with two attached hydrogens (primary N) is 1. The third-order valence-electron chi connectivity index (χ3n) is 3.98. The molecule has 3 N–H and O–H groups in total. The predicted molar refractivity (Wildman–Crippen MR) is 79.9 cm³/mol. The Morgan fingerprint density at radius 1 is 1.18 bits per heavy atom. The first-order chi connectivity index (χ1) is 9.87. The second kappa shape index (κ2) is 8.04. The lowest BCUT2D eigenvalue weighted by Gasteiger charge is -2.30. The van der Waals surface area contributed by atoms with Crippen LogP contribution in [0.15, 0.2) is 24.3 Å². The molecule has 1 saturated carbocycles. The zero-order chi connectivity index (χ0) is 15.5. The van der Waals surface area contributed by atoms with Gasteiger partial charge in [-0.3, -0.25) is 0 Å². The van der Waals surface area contributed by atoms with Crippen molar-refractivity contribution in [1.29, 1.82) is 0 Å². The fourth-order valence-electron chi connectivity index (χ4n) is 2.89. The maximum atomic E-state index is 12.2. The highest BCUT2D eigenvalue weighted by atomic mass is 35.5.